The molecule has 1 amide bonds. The number of aromatic nitrogens is 2. The van der Waals surface area contributed by atoms with E-state index in [0.29, 0.717) is 5.16 Å². The number of thioether (sulfide) groups is 1. The van der Waals surface area contributed by atoms with Crippen molar-refractivity contribution >= 4 is 29.0 Å². The topological polar surface area (TPSA) is 68.9 Å². The van der Waals surface area contributed by atoms with Crippen LogP contribution in [0.25, 0.3) is 10.6 Å². The summed E-state index contributed by atoms with van der Waals surface area (Å²) < 4.78 is 0. The maximum absolute atomic E-state index is 10.6. The fraction of sp³-hybridized carbons (Fsp3) is 0.100. The molecule has 0 aliphatic rings. The molecular weight excluding hydrogens is 242 g/mol. The Balaban J connectivity index is 2.17. The van der Waals surface area contributed by atoms with Gasteiger partial charge in [0.25, 0.3) is 0 Å². The van der Waals surface area contributed by atoms with Gasteiger partial charge in [-0.15, -0.1) is 11.3 Å². The van der Waals surface area contributed by atoms with Gasteiger partial charge in [0.1, 0.15) is 0 Å². The Bertz CT molecular complexity index is 485. The zero-order valence-corrected chi connectivity index (χ0v) is 9.92. The number of amides is 1. The lowest BCUT2D eigenvalue weighted by Crippen LogP contribution is -2.13. The first kappa shape index (κ1) is 11.1. The van der Waals surface area contributed by atoms with E-state index >= 15 is 0 Å². The first-order valence-electron chi connectivity index (χ1n) is 4.54. The van der Waals surface area contributed by atoms with E-state index in [1.54, 1.807) is 17.5 Å². The molecule has 2 rings (SSSR count). The van der Waals surface area contributed by atoms with Crippen LogP contribution in [0.15, 0.2) is 34.9 Å². The minimum absolute atomic E-state index is 0.202. The highest BCUT2D eigenvalue weighted by Gasteiger charge is 2.04. The second-order valence-electron chi connectivity index (χ2n) is 2.96. The zero-order valence-electron chi connectivity index (χ0n) is 8.29. The quantitative estimate of drug-likeness (QED) is 0.664. The summed E-state index contributed by atoms with van der Waals surface area (Å²) in [5.74, 6) is -0.163. The lowest BCUT2D eigenvalue weighted by atomic mass is 10.3. The maximum atomic E-state index is 10.6. The van der Waals surface area contributed by atoms with Gasteiger partial charge < -0.3 is 5.73 Å². The van der Waals surface area contributed by atoms with Crippen molar-refractivity contribution in [2.75, 3.05) is 5.75 Å². The summed E-state index contributed by atoms with van der Waals surface area (Å²) in [7, 11) is 0. The molecule has 0 aliphatic heterocycles. The van der Waals surface area contributed by atoms with Gasteiger partial charge in [-0.3, -0.25) is 4.79 Å². The van der Waals surface area contributed by atoms with Gasteiger partial charge in [0.2, 0.25) is 5.91 Å². The van der Waals surface area contributed by atoms with Crippen molar-refractivity contribution in [3.05, 3.63) is 29.8 Å². The third-order valence-corrected chi connectivity index (χ3v) is 3.53. The summed E-state index contributed by atoms with van der Waals surface area (Å²) in [5.41, 5.74) is 5.93. The molecule has 0 aromatic carbocycles. The monoisotopic (exact) mass is 251 g/mol. The van der Waals surface area contributed by atoms with Crippen LogP contribution >= 0.6 is 23.1 Å². The Kier molecular flexibility index (Phi) is 3.53. The number of carbonyl (C=O) groups excluding carboxylic acids is 1. The second-order valence-corrected chi connectivity index (χ2v) is 4.85. The summed E-state index contributed by atoms with van der Waals surface area (Å²) in [6, 6.07) is 5.81. The summed E-state index contributed by atoms with van der Waals surface area (Å²) in [5, 5.41) is 2.57. The lowest BCUT2D eigenvalue weighted by molar-refractivity contribution is -0.115. The number of thiophene rings is 1. The maximum Gasteiger partial charge on any atom is 0.227 e. The van der Waals surface area contributed by atoms with E-state index in [9.17, 15) is 4.79 Å². The molecule has 2 aromatic heterocycles. The number of primary amides is 1. The van der Waals surface area contributed by atoms with Gasteiger partial charge >= 0.3 is 0 Å². The first-order valence-corrected chi connectivity index (χ1v) is 6.40. The van der Waals surface area contributed by atoms with Gasteiger partial charge in [-0.25, -0.2) is 9.97 Å². The van der Waals surface area contributed by atoms with Gasteiger partial charge in [-0.2, -0.15) is 0 Å². The number of hydrogen-bond acceptors (Lipinski definition) is 5. The predicted octanol–water partition coefficient (Wildman–Crippen LogP) is 1.78. The largest absolute Gasteiger partial charge is 0.369 e. The van der Waals surface area contributed by atoms with Crippen LogP contribution in [0, 0.1) is 0 Å². The average molecular weight is 251 g/mol. The molecule has 4 nitrogen and oxygen atoms in total. The Labute approximate surface area is 101 Å². The molecule has 0 bridgehead atoms. The predicted molar refractivity (Wildman–Crippen MR) is 65.3 cm³/mol. The Hall–Kier alpha value is -1.40. The zero-order chi connectivity index (χ0) is 11.4. The Morgan fingerprint density at radius 1 is 1.50 bits per heavy atom. The smallest absolute Gasteiger partial charge is 0.227 e. The van der Waals surface area contributed by atoms with Crippen LogP contribution < -0.4 is 5.73 Å². The molecule has 6 heteroatoms. The van der Waals surface area contributed by atoms with Crippen molar-refractivity contribution in [2.24, 2.45) is 5.73 Å². The fourth-order valence-electron chi connectivity index (χ4n) is 1.11. The van der Waals surface area contributed by atoms with E-state index in [1.807, 2.05) is 23.6 Å². The van der Waals surface area contributed by atoms with Crippen molar-refractivity contribution < 1.29 is 4.79 Å². The van der Waals surface area contributed by atoms with E-state index in [4.69, 9.17) is 5.73 Å². The summed E-state index contributed by atoms with van der Waals surface area (Å²) in [6.07, 6.45) is 1.69. The van der Waals surface area contributed by atoms with Crippen LogP contribution in [0.4, 0.5) is 0 Å². The highest BCUT2D eigenvalue weighted by atomic mass is 32.2. The Morgan fingerprint density at radius 3 is 3.06 bits per heavy atom. The molecule has 0 unspecified atom stereocenters. The molecule has 0 spiro atoms. The molecule has 0 aliphatic carbocycles. The molecule has 0 saturated heterocycles. The summed E-state index contributed by atoms with van der Waals surface area (Å²) in [6.45, 7) is 0. The van der Waals surface area contributed by atoms with E-state index in [-0.39, 0.29) is 11.7 Å². The molecule has 82 valence electrons. The molecule has 2 heterocycles. The normalized spacial score (nSPS) is 10.2. The van der Waals surface area contributed by atoms with Crippen LogP contribution in [0.3, 0.4) is 0 Å². The van der Waals surface area contributed by atoms with Crippen LogP contribution in [0.1, 0.15) is 0 Å². The van der Waals surface area contributed by atoms with Gasteiger partial charge in [-0.1, -0.05) is 17.8 Å². The number of nitrogens with two attached hydrogens (primary N) is 1. The molecule has 0 saturated carbocycles. The van der Waals surface area contributed by atoms with Gasteiger partial charge in [0.15, 0.2) is 5.16 Å². The Morgan fingerprint density at radius 2 is 2.38 bits per heavy atom. The molecule has 16 heavy (non-hydrogen) atoms. The highest BCUT2D eigenvalue weighted by molar-refractivity contribution is 7.99. The minimum Gasteiger partial charge on any atom is -0.369 e. The molecule has 2 N–H and O–H groups in total. The SMILES string of the molecule is NC(=O)CSc1nccc(-c2cccs2)n1. The van der Waals surface area contributed by atoms with Gasteiger partial charge in [0.05, 0.1) is 16.3 Å². The minimum atomic E-state index is -0.366. The van der Waals surface area contributed by atoms with Crippen molar-refractivity contribution in [1.29, 1.82) is 0 Å². The van der Waals surface area contributed by atoms with Crippen molar-refractivity contribution in [3.63, 3.8) is 0 Å². The summed E-state index contributed by atoms with van der Waals surface area (Å²) >= 11 is 2.87. The molecule has 0 fully saturated rings. The first-order chi connectivity index (χ1) is 7.75. The van der Waals surface area contributed by atoms with E-state index in [0.717, 1.165) is 10.6 Å². The molecule has 2 aromatic rings. The third-order valence-electron chi connectivity index (χ3n) is 1.75. The molecule has 0 atom stereocenters. The number of carbonyl (C=O) groups is 1. The van der Waals surface area contributed by atoms with Crippen LogP contribution in [-0.2, 0) is 4.79 Å². The van der Waals surface area contributed by atoms with E-state index in [1.165, 1.54) is 11.8 Å². The number of hydrogen-bond donors (Lipinski definition) is 1. The standard InChI is InChI=1S/C10H9N3OS2/c11-9(14)6-16-10-12-4-3-7(13-10)8-2-1-5-15-8/h1-5H,6H2,(H2,11,14). The summed E-state index contributed by atoms with van der Waals surface area (Å²) in [4.78, 5) is 20.1. The van der Waals surface area contributed by atoms with Gasteiger partial charge in [-0.05, 0) is 17.5 Å². The van der Waals surface area contributed by atoms with Crippen molar-refractivity contribution in [1.82, 2.24) is 9.97 Å². The van der Waals surface area contributed by atoms with Gasteiger partial charge in [0, 0.05) is 6.20 Å². The number of nitrogens with zero attached hydrogens (tertiary/aromatic N) is 2. The molecular formula is C10H9N3OS2. The third kappa shape index (κ3) is 2.80. The number of rotatable bonds is 4. The lowest BCUT2D eigenvalue weighted by Gasteiger charge is -2.00. The van der Waals surface area contributed by atoms with Crippen LogP contribution in [0.2, 0.25) is 0 Å². The second kappa shape index (κ2) is 5.09. The van der Waals surface area contributed by atoms with E-state index in [2.05, 4.69) is 9.97 Å². The van der Waals surface area contributed by atoms with E-state index < -0.39 is 0 Å². The highest BCUT2D eigenvalue weighted by Crippen LogP contribution is 2.23. The van der Waals surface area contributed by atoms with Crippen LogP contribution in [-0.4, -0.2) is 21.6 Å². The fourth-order valence-corrected chi connectivity index (χ4v) is 2.37. The van der Waals surface area contributed by atoms with Crippen molar-refractivity contribution in [2.45, 2.75) is 5.16 Å². The molecule has 0 radical (unpaired) electrons. The van der Waals surface area contributed by atoms with Crippen molar-refractivity contribution in [3.8, 4) is 10.6 Å². The average Bonchev–Trinajstić information content (AvgIpc) is 2.80. The van der Waals surface area contributed by atoms with Crippen LogP contribution in [0.5, 0.6) is 0 Å².